The number of hydrogen-bond acceptors (Lipinski definition) is 7. The lowest BCUT2D eigenvalue weighted by Gasteiger charge is -2.10. The van der Waals surface area contributed by atoms with Gasteiger partial charge >= 0.3 is 0 Å². The molecule has 0 atom stereocenters. The molecule has 4 rings (SSSR count). The zero-order chi connectivity index (χ0) is 26.9. The van der Waals surface area contributed by atoms with E-state index >= 15 is 0 Å². The molecule has 0 saturated carbocycles. The molecule has 4 aromatic rings. The second kappa shape index (κ2) is 13.0. The van der Waals surface area contributed by atoms with Crippen molar-refractivity contribution in [3.05, 3.63) is 71.5 Å². The largest absolute Gasteiger partial charge is 0.497 e. The summed E-state index contributed by atoms with van der Waals surface area (Å²) in [5.74, 6) is 1.35. The van der Waals surface area contributed by atoms with Gasteiger partial charge in [-0.3, -0.25) is 14.0 Å². The number of methoxy groups -OCH3 is 1. The summed E-state index contributed by atoms with van der Waals surface area (Å²) in [7, 11) is 1.63. The second-order valence-electron chi connectivity index (χ2n) is 8.80. The van der Waals surface area contributed by atoms with Gasteiger partial charge in [0.1, 0.15) is 5.75 Å². The van der Waals surface area contributed by atoms with E-state index in [-0.39, 0.29) is 11.7 Å². The van der Waals surface area contributed by atoms with Crippen LogP contribution in [0.25, 0.3) is 17.1 Å². The van der Waals surface area contributed by atoms with Crippen molar-refractivity contribution in [2.45, 2.75) is 51.7 Å². The van der Waals surface area contributed by atoms with Crippen LogP contribution in [0.15, 0.2) is 64.9 Å². The number of amides is 1. The van der Waals surface area contributed by atoms with Crippen LogP contribution in [-0.4, -0.2) is 49.5 Å². The van der Waals surface area contributed by atoms with Crippen LogP contribution in [0.5, 0.6) is 5.75 Å². The third kappa shape index (κ3) is 6.49. The maximum Gasteiger partial charge on any atom is 0.250 e. The molecule has 2 heterocycles. The summed E-state index contributed by atoms with van der Waals surface area (Å²) in [5, 5.41) is 18.2. The Bertz CT molecular complexity index is 1380. The van der Waals surface area contributed by atoms with Crippen molar-refractivity contribution in [3.63, 3.8) is 0 Å². The molecule has 2 aromatic heterocycles. The van der Waals surface area contributed by atoms with Gasteiger partial charge in [0.05, 0.1) is 24.8 Å². The molecule has 198 valence electrons. The van der Waals surface area contributed by atoms with Crippen LogP contribution in [0.1, 0.15) is 43.1 Å². The number of hydrogen-bond donors (Lipinski definition) is 1. The summed E-state index contributed by atoms with van der Waals surface area (Å²) >= 11 is 1.30. The van der Waals surface area contributed by atoms with Crippen molar-refractivity contribution in [2.24, 2.45) is 5.10 Å². The van der Waals surface area contributed by atoms with Gasteiger partial charge < -0.3 is 4.74 Å². The minimum Gasteiger partial charge on any atom is -0.497 e. The zero-order valence-corrected chi connectivity index (χ0v) is 23.0. The number of aryl methyl sites for hydroxylation is 2. The molecule has 0 aliphatic rings. The molecular weight excluding hydrogens is 498 g/mol. The first-order valence-electron chi connectivity index (χ1n) is 12.7. The highest BCUT2D eigenvalue weighted by Crippen LogP contribution is 2.29. The predicted octanol–water partition coefficient (Wildman–Crippen LogP) is 5.19. The van der Waals surface area contributed by atoms with E-state index in [9.17, 15) is 4.79 Å². The monoisotopic (exact) mass is 531 g/mol. The number of nitrogens with one attached hydrogen (secondary N) is 1. The first-order valence-corrected chi connectivity index (χ1v) is 13.6. The molecule has 0 fully saturated rings. The number of carbonyl (C=O) groups is 1. The smallest absolute Gasteiger partial charge is 0.250 e. The van der Waals surface area contributed by atoms with Crippen LogP contribution < -0.4 is 10.2 Å². The molecule has 38 heavy (non-hydrogen) atoms. The number of hydrazone groups is 1. The summed E-state index contributed by atoms with van der Waals surface area (Å²) in [6, 6.07) is 17.5. The maximum absolute atomic E-state index is 12.6. The summed E-state index contributed by atoms with van der Waals surface area (Å²) < 4.78 is 9.24. The third-order valence-corrected chi connectivity index (χ3v) is 7.05. The highest BCUT2D eigenvalue weighted by molar-refractivity contribution is 7.99. The number of aromatic nitrogens is 5. The molecule has 2 aromatic carbocycles. The van der Waals surface area contributed by atoms with Crippen molar-refractivity contribution < 1.29 is 9.53 Å². The van der Waals surface area contributed by atoms with Gasteiger partial charge in [0.15, 0.2) is 11.0 Å². The summed E-state index contributed by atoms with van der Waals surface area (Å²) in [6.45, 7) is 7.06. The second-order valence-corrected chi connectivity index (χ2v) is 9.74. The average Bonchev–Trinajstić information content (AvgIpc) is 3.48. The molecule has 10 heteroatoms. The lowest BCUT2D eigenvalue weighted by atomic mass is 10.2. The molecule has 0 unspecified atom stereocenters. The van der Waals surface area contributed by atoms with Crippen LogP contribution in [0.3, 0.4) is 0 Å². The Kier molecular flexibility index (Phi) is 9.31. The van der Waals surface area contributed by atoms with E-state index in [1.54, 1.807) is 13.3 Å². The molecular formula is C28H33N7O2S. The minimum absolute atomic E-state index is 0.138. The molecule has 1 amide bonds. The van der Waals surface area contributed by atoms with Crippen molar-refractivity contribution in [1.29, 1.82) is 0 Å². The molecule has 0 spiro atoms. The highest BCUT2D eigenvalue weighted by Gasteiger charge is 2.17. The van der Waals surface area contributed by atoms with Gasteiger partial charge in [-0.05, 0) is 56.7 Å². The molecule has 0 aliphatic carbocycles. The van der Waals surface area contributed by atoms with E-state index in [4.69, 9.17) is 4.74 Å². The number of carbonyl (C=O) groups excluding carboxylic acids is 1. The van der Waals surface area contributed by atoms with Crippen LogP contribution in [-0.2, 0) is 11.3 Å². The Labute approximate surface area is 227 Å². The van der Waals surface area contributed by atoms with E-state index in [0.29, 0.717) is 11.0 Å². The molecule has 0 saturated heterocycles. The normalized spacial score (nSPS) is 11.3. The number of nitrogens with zero attached hydrogens (tertiary/aromatic N) is 6. The number of rotatable bonds is 12. The number of ether oxygens (including phenoxy) is 1. The predicted molar refractivity (Wildman–Crippen MR) is 151 cm³/mol. The van der Waals surface area contributed by atoms with Crippen LogP contribution >= 0.6 is 11.8 Å². The molecule has 0 aliphatic heterocycles. The van der Waals surface area contributed by atoms with E-state index in [1.165, 1.54) is 24.6 Å². The van der Waals surface area contributed by atoms with Gasteiger partial charge in [-0.2, -0.15) is 10.2 Å². The van der Waals surface area contributed by atoms with E-state index in [1.807, 2.05) is 77.7 Å². The van der Waals surface area contributed by atoms with Crippen molar-refractivity contribution >= 4 is 23.9 Å². The standard InChI is InChI=1S/C28H33N7O2S/c1-5-6-10-17-34-21(3)25(20(2)33-34)18-29-30-26(36)19-38-28-32-31-27(22-13-15-24(37-4)16-14-22)35(28)23-11-8-7-9-12-23/h7-9,11-16,18H,5-6,10,17,19H2,1-4H3,(H,30,36)/b29-18+. The average molecular weight is 532 g/mol. The Balaban J connectivity index is 1.44. The summed E-state index contributed by atoms with van der Waals surface area (Å²) in [6.07, 6.45) is 5.11. The number of thioether (sulfide) groups is 1. The lowest BCUT2D eigenvalue weighted by Crippen LogP contribution is -2.20. The summed E-state index contributed by atoms with van der Waals surface area (Å²) in [5.41, 5.74) is 7.31. The van der Waals surface area contributed by atoms with Gasteiger partial charge in [-0.25, -0.2) is 5.43 Å². The minimum atomic E-state index is -0.231. The summed E-state index contributed by atoms with van der Waals surface area (Å²) in [4.78, 5) is 12.6. The van der Waals surface area contributed by atoms with Crippen LogP contribution in [0.2, 0.25) is 0 Å². The van der Waals surface area contributed by atoms with Gasteiger partial charge in [-0.1, -0.05) is 49.7 Å². The first kappa shape index (κ1) is 27.1. The number of benzene rings is 2. The SMILES string of the molecule is CCCCCn1nc(C)c(/C=N/NC(=O)CSc2nnc(-c3ccc(OC)cc3)n2-c2ccccc2)c1C. The Morgan fingerprint density at radius 2 is 1.84 bits per heavy atom. The molecule has 0 radical (unpaired) electrons. The van der Waals surface area contributed by atoms with Crippen LogP contribution in [0, 0.1) is 13.8 Å². The molecule has 9 nitrogen and oxygen atoms in total. The molecule has 0 bridgehead atoms. The fourth-order valence-corrected chi connectivity index (χ4v) is 4.80. The quantitative estimate of drug-likeness (QED) is 0.117. The Morgan fingerprint density at radius 1 is 1.08 bits per heavy atom. The highest BCUT2D eigenvalue weighted by atomic mass is 32.2. The molecule has 1 N–H and O–H groups in total. The number of para-hydroxylation sites is 1. The fourth-order valence-electron chi connectivity index (χ4n) is 4.06. The third-order valence-electron chi connectivity index (χ3n) is 6.12. The number of unbranched alkanes of at least 4 members (excludes halogenated alkanes) is 2. The van der Waals surface area contributed by atoms with Crippen molar-refractivity contribution in [1.82, 2.24) is 30.0 Å². The van der Waals surface area contributed by atoms with Crippen molar-refractivity contribution in [3.8, 4) is 22.8 Å². The Hall–Kier alpha value is -3.92. The van der Waals surface area contributed by atoms with E-state index in [2.05, 4.69) is 32.7 Å². The Morgan fingerprint density at radius 3 is 2.55 bits per heavy atom. The van der Waals surface area contributed by atoms with Crippen molar-refractivity contribution in [2.75, 3.05) is 12.9 Å². The van der Waals surface area contributed by atoms with E-state index < -0.39 is 0 Å². The van der Waals surface area contributed by atoms with Gasteiger partial charge in [0.2, 0.25) is 0 Å². The lowest BCUT2D eigenvalue weighted by molar-refractivity contribution is -0.118. The van der Waals surface area contributed by atoms with Crippen LogP contribution in [0.4, 0.5) is 0 Å². The first-order chi connectivity index (χ1) is 18.5. The fraction of sp³-hybridized carbons (Fsp3) is 0.321. The topological polar surface area (TPSA) is 99.2 Å². The van der Waals surface area contributed by atoms with Gasteiger partial charge in [-0.15, -0.1) is 10.2 Å². The van der Waals surface area contributed by atoms with E-state index in [0.717, 1.165) is 46.9 Å². The van der Waals surface area contributed by atoms with Gasteiger partial charge in [0.25, 0.3) is 5.91 Å². The maximum atomic E-state index is 12.6. The zero-order valence-electron chi connectivity index (χ0n) is 22.2. The van der Waals surface area contributed by atoms with Gasteiger partial charge in [0, 0.05) is 29.1 Å².